The standard InChI is InChI=1S/C17H26ClN3O2.ClH/c1-3-21(4-2)17(22)14-6-5-9-20(13-14)10-11-23-16-8-7-15(18)12-19-16;/h7-8,12,14H,3-6,9-11,13H2,1-2H3;1H. The van der Waals surface area contributed by atoms with Crippen molar-refractivity contribution in [3.8, 4) is 5.88 Å². The minimum Gasteiger partial charge on any atom is -1.00 e. The minimum absolute atomic E-state index is 0. The van der Waals surface area contributed by atoms with E-state index in [2.05, 4.69) is 4.98 Å². The van der Waals surface area contributed by atoms with Gasteiger partial charge in [0.15, 0.2) is 0 Å². The van der Waals surface area contributed by atoms with Crippen molar-refractivity contribution >= 4 is 17.5 Å². The fourth-order valence-electron chi connectivity index (χ4n) is 3.13. The number of aromatic nitrogens is 1. The first kappa shape index (κ1) is 21.0. The predicted octanol–water partition coefficient (Wildman–Crippen LogP) is -1.72. The second-order valence-corrected chi connectivity index (χ2v) is 6.40. The number of pyridine rings is 1. The van der Waals surface area contributed by atoms with Gasteiger partial charge in [-0.25, -0.2) is 4.98 Å². The van der Waals surface area contributed by atoms with Gasteiger partial charge in [0, 0.05) is 25.4 Å². The number of likely N-dealkylation sites (tertiary alicyclic amines) is 1. The van der Waals surface area contributed by atoms with Gasteiger partial charge in [-0.3, -0.25) is 4.79 Å². The van der Waals surface area contributed by atoms with E-state index in [1.54, 1.807) is 18.3 Å². The lowest BCUT2D eigenvalue weighted by Crippen LogP contribution is -3.14. The van der Waals surface area contributed by atoms with Gasteiger partial charge in [0.25, 0.3) is 0 Å². The Hall–Kier alpha value is -1.04. The fraction of sp³-hybridized carbons (Fsp3) is 0.647. The van der Waals surface area contributed by atoms with Crippen molar-refractivity contribution in [1.29, 1.82) is 0 Å². The average molecular weight is 376 g/mol. The van der Waals surface area contributed by atoms with Gasteiger partial charge in [-0.1, -0.05) is 11.6 Å². The first-order chi connectivity index (χ1) is 11.1. The molecule has 2 rings (SSSR count). The molecule has 1 N–H and O–H groups in total. The zero-order chi connectivity index (χ0) is 16.7. The van der Waals surface area contributed by atoms with Crippen molar-refractivity contribution in [2.45, 2.75) is 26.7 Å². The molecule has 1 saturated heterocycles. The normalized spacial score (nSPS) is 20.1. The van der Waals surface area contributed by atoms with Gasteiger partial charge in [-0.15, -0.1) is 0 Å². The van der Waals surface area contributed by atoms with E-state index in [1.165, 1.54) is 4.90 Å². The molecule has 2 atom stereocenters. The number of nitrogens with zero attached hydrogens (tertiary/aromatic N) is 2. The molecule has 2 unspecified atom stereocenters. The Kier molecular flexibility index (Phi) is 9.41. The molecule has 1 amide bonds. The SMILES string of the molecule is CCN(CC)C(=O)C1CCC[NH+](CCOc2ccc(Cl)cn2)C1.[Cl-]. The van der Waals surface area contributed by atoms with Gasteiger partial charge in [-0.05, 0) is 32.8 Å². The Morgan fingerprint density at radius 2 is 2.17 bits per heavy atom. The van der Waals surface area contributed by atoms with Crippen LogP contribution in [-0.2, 0) is 4.79 Å². The number of rotatable bonds is 7. The summed E-state index contributed by atoms with van der Waals surface area (Å²) >= 11 is 5.80. The smallest absolute Gasteiger partial charge is 0.231 e. The number of nitrogens with one attached hydrogen (secondary N) is 1. The largest absolute Gasteiger partial charge is 1.00 e. The van der Waals surface area contributed by atoms with Crippen molar-refractivity contribution in [3.05, 3.63) is 23.4 Å². The highest BCUT2D eigenvalue weighted by Crippen LogP contribution is 2.12. The predicted molar refractivity (Wildman–Crippen MR) is 91.0 cm³/mol. The Bertz CT molecular complexity index is 495. The molecule has 0 spiro atoms. The molecule has 0 radical (unpaired) electrons. The highest BCUT2D eigenvalue weighted by Gasteiger charge is 2.30. The lowest BCUT2D eigenvalue weighted by atomic mass is 9.96. The molecule has 1 aliphatic rings. The highest BCUT2D eigenvalue weighted by atomic mass is 35.5. The van der Waals surface area contributed by atoms with Crippen molar-refractivity contribution in [1.82, 2.24) is 9.88 Å². The molecule has 0 bridgehead atoms. The topological polar surface area (TPSA) is 46.9 Å². The van der Waals surface area contributed by atoms with Crippen LogP contribution >= 0.6 is 11.6 Å². The first-order valence-corrected chi connectivity index (χ1v) is 8.88. The van der Waals surface area contributed by atoms with Crippen molar-refractivity contribution < 1.29 is 26.8 Å². The van der Waals surface area contributed by atoms with E-state index in [-0.39, 0.29) is 18.3 Å². The van der Waals surface area contributed by atoms with Crippen LogP contribution in [0.1, 0.15) is 26.7 Å². The number of piperidine rings is 1. The van der Waals surface area contributed by atoms with E-state index < -0.39 is 0 Å². The maximum atomic E-state index is 12.5. The van der Waals surface area contributed by atoms with Crippen LogP contribution in [0.4, 0.5) is 0 Å². The lowest BCUT2D eigenvalue weighted by Gasteiger charge is -2.32. The number of carbonyl (C=O) groups excluding carboxylic acids is 1. The van der Waals surface area contributed by atoms with Gasteiger partial charge < -0.3 is 26.9 Å². The third kappa shape index (κ3) is 6.11. The molecule has 0 saturated carbocycles. The molecule has 2 heterocycles. The molecule has 7 heteroatoms. The van der Waals surface area contributed by atoms with E-state index >= 15 is 0 Å². The van der Waals surface area contributed by atoms with Crippen LogP contribution in [0, 0.1) is 5.92 Å². The number of ether oxygens (including phenoxy) is 1. The Balaban J connectivity index is 0.00000288. The third-order valence-electron chi connectivity index (χ3n) is 4.45. The maximum absolute atomic E-state index is 12.5. The van der Waals surface area contributed by atoms with Crippen LogP contribution in [0.25, 0.3) is 0 Å². The molecule has 5 nitrogen and oxygen atoms in total. The molecule has 1 aromatic rings. The molecular weight excluding hydrogens is 349 g/mol. The summed E-state index contributed by atoms with van der Waals surface area (Å²) in [7, 11) is 0. The fourth-order valence-corrected chi connectivity index (χ4v) is 3.24. The number of amides is 1. The highest BCUT2D eigenvalue weighted by molar-refractivity contribution is 6.30. The van der Waals surface area contributed by atoms with E-state index in [9.17, 15) is 4.79 Å². The Morgan fingerprint density at radius 3 is 2.79 bits per heavy atom. The number of hydrogen-bond acceptors (Lipinski definition) is 3. The Labute approximate surface area is 155 Å². The quantitative estimate of drug-likeness (QED) is 0.616. The molecule has 1 fully saturated rings. The van der Waals surface area contributed by atoms with Crippen LogP contribution in [0.2, 0.25) is 5.02 Å². The molecule has 0 aromatic carbocycles. The number of hydrogen-bond donors (Lipinski definition) is 1. The molecule has 136 valence electrons. The zero-order valence-corrected chi connectivity index (χ0v) is 15.9. The minimum atomic E-state index is 0. The van der Waals surface area contributed by atoms with E-state index in [1.807, 2.05) is 18.7 Å². The van der Waals surface area contributed by atoms with Crippen LogP contribution in [0.3, 0.4) is 0 Å². The van der Waals surface area contributed by atoms with Crippen LogP contribution in [-0.4, -0.2) is 55.1 Å². The first-order valence-electron chi connectivity index (χ1n) is 8.50. The molecule has 0 aliphatic carbocycles. The van der Waals surface area contributed by atoms with Crippen molar-refractivity contribution in [2.24, 2.45) is 5.92 Å². The van der Waals surface area contributed by atoms with E-state index in [0.717, 1.165) is 45.6 Å². The average Bonchev–Trinajstić information content (AvgIpc) is 2.58. The summed E-state index contributed by atoms with van der Waals surface area (Å²) in [5.41, 5.74) is 0. The molecule has 24 heavy (non-hydrogen) atoms. The Morgan fingerprint density at radius 1 is 1.42 bits per heavy atom. The van der Waals surface area contributed by atoms with Crippen LogP contribution in [0.5, 0.6) is 5.88 Å². The summed E-state index contributed by atoms with van der Waals surface area (Å²) in [5.74, 6) is 1.07. The summed E-state index contributed by atoms with van der Waals surface area (Å²) in [6, 6.07) is 3.55. The number of quaternary nitrogens is 1. The number of carbonyl (C=O) groups is 1. The number of halogens is 2. The molecular formula is C17H27Cl2N3O2. The van der Waals surface area contributed by atoms with Gasteiger partial charge in [0.2, 0.25) is 11.8 Å². The zero-order valence-electron chi connectivity index (χ0n) is 14.4. The van der Waals surface area contributed by atoms with Gasteiger partial charge in [-0.2, -0.15) is 0 Å². The second kappa shape index (κ2) is 10.7. The van der Waals surface area contributed by atoms with Gasteiger partial charge in [0.1, 0.15) is 13.2 Å². The summed E-state index contributed by atoms with van der Waals surface area (Å²) in [5, 5.41) is 0.608. The van der Waals surface area contributed by atoms with Crippen molar-refractivity contribution in [2.75, 3.05) is 39.3 Å². The van der Waals surface area contributed by atoms with E-state index in [4.69, 9.17) is 16.3 Å². The second-order valence-electron chi connectivity index (χ2n) is 5.97. The molecule has 1 aromatic heterocycles. The summed E-state index contributed by atoms with van der Waals surface area (Å²) in [6.07, 6.45) is 3.70. The summed E-state index contributed by atoms with van der Waals surface area (Å²) in [6.45, 7) is 9.21. The summed E-state index contributed by atoms with van der Waals surface area (Å²) in [4.78, 5) is 20.0. The molecule has 1 aliphatic heterocycles. The maximum Gasteiger partial charge on any atom is 0.231 e. The van der Waals surface area contributed by atoms with E-state index in [0.29, 0.717) is 23.4 Å². The lowest BCUT2D eigenvalue weighted by molar-refractivity contribution is -0.907. The summed E-state index contributed by atoms with van der Waals surface area (Å²) < 4.78 is 5.66. The van der Waals surface area contributed by atoms with Crippen LogP contribution in [0.15, 0.2) is 18.3 Å². The third-order valence-corrected chi connectivity index (χ3v) is 4.67. The van der Waals surface area contributed by atoms with Gasteiger partial charge in [0.05, 0.1) is 24.0 Å². The van der Waals surface area contributed by atoms with Crippen LogP contribution < -0.4 is 22.0 Å². The van der Waals surface area contributed by atoms with Gasteiger partial charge >= 0.3 is 0 Å². The van der Waals surface area contributed by atoms with Crippen molar-refractivity contribution in [3.63, 3.8) is 0 Å². The monoisotopic (exact) mass is 375 g/mol.